The van der Waals surface area contributed by atoms with Gasteiger partial charge in [0, 0.05) is 19.5 Å². The Labute approximate surface area is 181 Å². The highest BCUT2D eigenvalue weighted by Gasteiger charge is 2.25. The fraction of sp³-hybridized carbons (Fsp3) is 0.524. The zero-order valence-electron chi connectivity index (χ0n) is 18.2. The molecule has 1 aromatic carbocycles. The lowest BCUT2D eigenvalue weighted by molar-refractivity contribution is -0.127. The molecule has 1 aromatic heterocycles. The lowest BCUT2D eigenvalue weighted by atomic mass is 10.1. The van der Waals surface area contributed by atoms with Gasteiger partial charge in [-0.1, -0.05) is 42.1 Å². The Balaban J connectivity index is 2.10. The molecule has 9 heteroatoms. The zero-order valence-corrected chi connectivity index (χ0v) is 19.0. The van der Waals surface area contributed by atoms with Crippen LogP contribution in [0.4, 0.5) is 4.79 Å². The van der Waals surface area contributed by atoms with Crippen LogP contribution in [-0.2, 0) is 16.0 Å². The van der Waals surface area contributed by atoms with E-state index in [4.69, 9.17) is 9.15 Å². The fourth-order valence-corrected chi connectivity index (χ4v) is 3.38. The van der Waals surface area contributed by atoms with Crippen LogP contribution in [0.5, 0.6) is 0 Å². The highest BCUT2D eigenvalue weighted by molar-refractivity contribution is 7.99. The van der Waals surface area contributed by atoms with E-state index in [1.807, 2.05) is 44.2 Å². The number of nitrogens with zero attached hydrogens (tertiary/aromatic N) is 3. The van der Waals surface area contributed by atoms with Gasteiger partial charge in [0.2, 0.25) is 11.8 Å². The minimum absolute atomic E-state index is 0.0115. The summed E-state index contributed by atoms with van der Waals surface area (Å²) in [6.07, 6.45) is -0.0994. The normalized spacial score (nSPS) is 12.3. The zero-order chi connectivity index (χ0) is 22.1. The van der Waals surface area contributed by atoms with Crippen LogP contribution in [-0.4, -0.2) is 51.5 Å². The average molecular weight is 435 g/mol. The Morgan fingerprint density at radius 3 is 2.43 bits per heavy atom. The van der Waals surface area contributed by atoms with Crippen LogP contribution in [0.1, 0.15) is 52.1 Å². The average Bonchev–Trinajstić information content (AvgIpc) is 3.15. The van der Waals surface area contributed by atoms with Crippen LogP contribution >= 0.6 is 11.8 Å². The lowest BCUT2D eigenvalue weighted by Gasteiger charge is -2.22. The number of carbonyl (C=O) groups is 2. The van der Waals surface area contributed by atoms with Crippen molar-refractivity contribution >= 4 is 23.8 Å². The molecule has 0 aliphatic carbocycles. The van der Waals surface area contributed by atoms with Crippen LogP contribution in [0, 0.1) is 0 Å². The van der Waals surface area contributed by atoms with Crippen molar-refractivity contribution in [1.82, 2.24) is 20.4 Å². The van der Waals surface area contributed by atoms with Gasteiger partial charge in [-0.3, -0.25) is 4.79 Å². The van der Waals surface area contributed by atoms with Crippen LogP contribution in [0.15, 0.2) is 40.0 Å². The van der Waals surface area contributed by atoms with E-state index in [9.17, 15) is 9.59 Å². The number of nitrogens with one attached hydrogen (secondary N) is 1. The lowest BCUT2D eigenvalue weighted by Crippen LogP contribution is -2.36. The predicted octanol–water partition coefficient (Wildman–Crippen LogP) is 3.84. The highest BCUT2D eigenvalue weighted by Crippen LogP contribution is 2.23. The molecule has 0 bridgehead atoms. The third kappa shape index (κ3) is 7.70. The van der Waals surface area contributed by atoms with Crippen LogP contribution in [0.2, 0.25) is 0 Å². The first-order valence-corrected chi connectivity index (χ1v) is 11.0. The van der Waals surface area contributed by atoms with Gasteiger partial charge in [-0.2, -0.15) is 0 Å². The maximum Gasteiger partial charge on any atom is 0.408 e. The first kappa shape index (κ1) is 23.7. The van der Waals surface area contributed by atoms with Crippen molar-refractivity contribution in [3.05, 3.63) is 41.8 Å². The third-order valence-electron chi connectivity index (χ3n) is 4.13. The molecule has 0 aliphatic heterocycles. The van der Waals surface area contributed by atoms with Crippen LogP contribution in [0.3, 0.4) is 0 Å². The molecule has 1 heterocycles. The SMILES string of the molecule is CCN(CC)C(=O)CSc1nnc([C@H](Cc2ccccc2)NC(=O)OC(C)(C)C)o1. The van der Waals surface area contributed by atoms with Crippen molar-refractivity contribution in [2.24, 2.45) is 0 Å². The molecule has 0 saturated carbocycles. The molecule has 0 fully saturated rings. The smallest absolute Gasteiger partial charge is 0.408 e. The van der Waals surface area contributed by atoms with Crippen molar-refractivity contribution in [2.45, 2.75) is 57.9 Å². The summed E-state index contributed by atoms with van der Waals surface area (Å²) in [6.45, 7) is 10.6. The third-order valence-corrected chi connectivity index (χ3v) is 4.93. The van der Waals surface area contributed by atoms with Crippen molar-refractivity contribution in [1.29, 1.82) is 0 Å². The van der Waals surface area contributed by atoms with Gasteiger partial charge in [-0.15, -0.1) is 10.2 Å². The van der Waals surface area contributed by atoms with E-state index in [0.29, 0.717) is 19.5 Å². The summed E-state index contributed by atoms with van der Waals surface area (Å²) in [4.78, 5) is 26.2. The molecule has 0 radical (unpaired) electrons. The van der Waals surface area contributed by atoms with Gasteiger partial charge in [-0.25, -0.2) is 4.79 Å². The van der Waals surface area contributed by atoms with Crippen LogP contribution < -0.4 is 5.32 Å². The van der Waals surface area contributed by atoms with Crippen molar-refractivity contribution in [2.75, 3.05) is 18.8 Å². The first-order valence-electron chi connectivity index (χ1n) is 9.99. The van der Waals surface area contributed by atoms with Gasteiger partial charge in [-0.05, 0) is 40.2 Å². The molecule has 30 heavy (non-hydrogen) atoms. The van der Waals surface area contributed by atoms with Gasteiger partial charge in [0.15, 0.2) is 0 Å². The largest absolute Gasteiger partial charge is 0.444 e. The number of carbonyl (C=O) groups excluding carboxylic acids is 2. The van der Waals surface area contributed by atoms with Gasteiger partial charge >= 0.3 is 6.09 Å². The number of thioether (sulfide) groups is 1. The molecular formula is C21H30N4O4S. The molecular weight excluding hydrogens is 404 g/mol. The number of alkyl carbamates (subject to hydrolysis) is 1. The Morgan fingerprint density at radius 1 is 1.17 bits per heavy atom. The second-order valence-corrected chi connectivity index (χ2v) is 8.58. The Hall–Kier alpha value is -2.55. The van der Waals surface area contributed by atoms with Crippen molar-refractivity contribution in [3.8, 4) is 0 Å². The summed E-state index contributed by atoms with van der Waals surface area (Å²) in [6, 6.07) is 9.13. The molecule has 1 N–H and O–H groups in total. The van der Waals surface area contributed by atoms with Crippen molar-refractivity contribution in [3.63, 3.8) is 0 Å². The number of ether oxygens (including phenoxy) is 1. The number of aromatic nitrogens is 2. The summed E-state index contributed by atoms with van der Waals surface area (Å²) >= 11 is 1.19. The van der Waals surface area contributed by atoms with Gasteiger partial charge < -0.3 is 19.4 Å². The van der Waals surface area contributed by atoms with E-state index in [1.165, 1.54) is 11.8 Å². The predicted molar refractivity (Wildman–Crippen MR) is 115 cm³/mol. The molecule has 0 spiro atoms. The highest BCUT2D eigenvalue weighted by atomic mass is 32.2. The first-order chi connectivity index (χ1) is 14.2. The maximum atomic E-state index is 12.3. The number of benzene rings is 1. The van der Waals surface area contributed by atoms with E-state index in [0.717, 1.165) is 5.56 Å². The second-order valence-electron chi connectivity index (χ2n) is 7.65. The Morgan fingerprint density at radius 2 is 1.83 bits per heavy atom. The minimum Gasteiger partial charge on any atom is -0.444 e. The molecule has 2 rings (SSSR count). The molecule has 0 saturated heterocycles. The molecule has 2 aromatic rings. The molecule has 0 unspecified atom stereocenters. The van der Waals surface area contributed by atoms with Crippen LogP contribution in [0.25, 0.3) is 0 Å². The molecule has 2 amide bonds. The van der Waals surface area contributed by atoms with E-state index in [2.05, 4.69) is 15.5 Å². The number of hydrogen-bond donors (Lipinski definition) is 1. The topological polar surface area (TPSA) is 97.6 Å². The van der Waals surface area contributed by atoms with E-state index >= 15 is 0 Å². The summed E-state index contributed by atoms with van der Waals surface area (Å²) in [7, 11) is 0. The fourth-order valence-electron chi connectivity index (χ4n) is 2.71. The number of rotatable bonds is 9. The van der Waals surface area contributed by atoms with Gasteiger partial charge in [0.1, 0.15) is 11.6 Å². The number of amides is 2. The molecule has 8 nitrogen and oxygen atoms in total. The minimum atomic E-state index is -0.623. The Bertz CT molecular complexity index is 816. The summed E-state index contributed by atoms with van der Waals surface area (Å²) in [5.74, 6) is 0.492. The summed E-state index contributed by atoms with van der Waals surface area (Å²) in [5.41, 5.74) is 0.379. The quantitative estimate of drug-likeness (QED) is 0.599. The monoisotopic (exact) mass is 434 g/mol. The van der Waals surface area contributed by atoms with E-state index in [-0.39, 0.29) is 22.8 Å². The molecule has 164 valence electrons. The Kier molecular flexibility index (Phi) is 8.71. The van der Waals surface area contributed by atoms with E-state index < -0.39 is 17.7 Å². The molecule has 1 atom stereocenters. The summed E-state index contributed by atoms with van der Waals surface area (Å²) < 4.78 is 11.1. The standard InChI is InChI=1S/C21H30N4O4S/c1-6-25(7-2)17(26)14-30-20-24-23-18(28-20)16(13-15-11-9-8-10-12-15)22-19(27)29-21(3,4)5/h8-12,16H,6-7,13-14H2,1-5H3,(H,22,27)/t16-/m0/s1. The second kappa shape index (κ2) is 11.0. The van der Waals surface area contributed by atoms with Gasteiger partial charge in [0.25, 0.3) is 5.22 Å². The number of hydrogen-bond acceptors (Lipinski definition) is 7. The van der Waals surface area contributed by atoms with Gasteiger partial charge in [0.05, 0.1) is 5.75 Å². The summed E-state index contributed by atoms with van der Waals surface area (Å²) in [5, 5.41) is 11.2. The van der Waals surface area contributed by atoms with E-state index in [1.54, 1.807) is 25.7 Å². The molecule has 0 aliphatic rings. The maximum absolute atomic E-state index is 12.3. The van der Waals surface area contributed by atoms with Crippen molar-refractivity contribution < 1.29 is 18.7 Å².